The van der Waals surface area contributed by atoms with E-state index in [1.54, 1.807) is 13.2 Å². The van der Waals surface area contributed by atoms with Crippen LogP contribution in [0.15, 0.2) is 48.5 Å². The summed E-state index contributed by atoms with van der Waals surface area (Å²) in [5.74, 6) is 0.934. The maximum atomic E-state index is 13.3. The molecule has 1 aliphatic rings. The Bertz CT molecular complexity index is 904. The smallest absolute Gasteiger partial charge is 0.252 e. The van der Waals surface area contributed by atoms with Gasteiger partial charge in [0.25, 0.3) is 5.91 Å². The lowest BCUT2D eigenvalue weighted by atomic mass is 10.0. The second-order valence-electron chi connectivity index (χ2n) is 8.48. The van der Waals surface area contributed by atoms with E-state index in [0.29, 0.717) is 31.0 Å². The van der Waals surface area contributed by atoms with Crippen LogP contribution in [0.25, 0.3) is 0 Å². The average molecular weight is 424 g/mol. The van der Waals surface area contributed by atoms with Crippen molar-refractivity contribution >= 4 is 17.5 Å². The highest BCUT2D eigenvalue weighted by Crippen LogP contribution is 2.22. The number of carbonyl (C=O) groups is 2. The first-order valence-corrected chi connectivity index (χ1v) is 10.9. The van der Waals surface area contributed by atoms with Crippen LogP contribution < -0.4 is 15.0 Å². The van der Waals surface area contributed by atoms with E-state index in [0.717, 1.165) is 30.1 Å². The number of nitrogens with one attached hydrogen (secondary N) is 1. The van der Waals surface area contributed by atoms with Crippen molar-refractivity contribution < 1.29 is 14.3 Å². The summed E-state index contributed by atoms with van der Waals surface area (Å²) in [4.78, 5) is 30.3. The molecule has 1 heterocycles. The summed E-state index contributed by atoms with van der Waals surface area (Å²) in [5.41, 5.74) is 2.62. The van der Waals surface area contributed by atoms with Crippen LogP contribution in [0.4, 0.5) is 5.69 Å². The number of methoxy groups -OCH3 is 1. The third kappa shape index (κ3) is 5.78. The number of carbonyl (C=O) groups excluding carboxylic acids is 2. The van der Waals surface area contributed by atoms with Crippen molar-refractivity contribution in [3.05, 3.63) is 59.7 Å². The molecule has 31 heavy (non-hydrogen) atoms. The summed E-state index contributed by atoms with van der Waals surface area (Å²) in [7, 11) is 1.66. The fourth-order valence-corrected chi connectivity index (χ4v) is 3.97. The standard InChI is InChI=1S/C25H33N3O3/c1-18(2)16-23(26-24(29)22-11-6-5-8-19(22)3)25(30)28-14-12-27(13-15-28)20-9-7-10-21(17-20)31-4/h5-11,17-18,23H,12-16H2,1-4H3,(H,26,29)/t23-/m1/s1. The molecule has 1 fully saturated rings. The molecule has 6 heteroatoms. The predicted molar refractivity (Wildman–Crippen MR) is 124 cm³/mol. The molecule has 0 radical (unpaired) electrons. The van der Waals surface area contributed by atoms with Gasteiger partial charge in [-0.15, -0.1) is 0 Å². The van der Waals surface area contributed by atoms with Crippen molar-refractivity contribution in [3.63, 3.8) is 0 Å². The zero-order chi connectivity index (χ0) is 22.4. The fourth-order valence-electron chi connectivity index (χ4n) is 3.97. The number of nitrogens with zero attached hydrogens (tertiary/aromatic N) is 2. The van der Waals surface area contributed by atoms with Crippen molar-refractivity contribution in [1.29, 1.82) is 0 Å². The highest BCUT2D eigenvalue weighted by molar-refractivity contribution is 5.98. The second kappa shape index (κ2) is 10.3. The van der Waals surface area contributed by atoms with Crippen LogP contribution in [0.3, 0.4) is 0 Å². The van der Waals surface area contributed by atoms with Crippen molar-refractivity contribution in [2.75, 3.05) is 38.2 Å². The van der Waals surface area contributed by atoms with E-state index in [2.05, 4.69) is 30.1 Å². The molecule has 6 nitrogen and oxygen atoms in total. The monoisotopic (exact) mass is 423 g/mol. The van der Waals surface area contributed by atoms with Crippen LogP contribution in [0.1, 0.15) is 36.2 Å². The minimum Gasteiger partial charge on any atom is -0.497 e. The Kier molecular flexibility index (Phi) is 7.55. The SMILES string of the molecule is COc1cccc(N2CCN(C(=O)[C@@H](CC(C)C)NC(=O)c3ccccc3C)CC2)c1. The predicted octanol–water partition coefficient (Wildman–Crippen LogP) is 3.50. The van der Waals surface area contributed by atoms with Gasteiger partial charge in [0.05, 0.1) is 7.11 Å². The molecular formula is C25H33N3O3. The number of piperazine rings is 1. The molecule has 0 aliphatic carbocycles. The van der Waals surface area contributed by atoms with E-state index < -0.39 is 6.04 Å². The third-order valence-electron chi connectivity index (χ3n) is 5.71. The van der Waals surface area contributed by atoms with Gasteiger partial charge >= 0.3 is 0 Å². The van der Waals surface area contributed by atoms with Crippen molar-refractivity contribution in [2.45, 2.75) is 33.2 Å². The number of anilines is 1. The molecule has 2 aromatic carbocycles. The number of amides is 2. The van der Waals surface area contributed by atoms with Gasteiger partial charge in [0.2, 0.25) is 5.91 Å². The van der Waals surface area contributed by atoms with Crippen LogP contribution in [0.5, 0.6) is 5.75 Å². The van der Waals surface area contributed by atoms with Gasteiger partial charge in [-0.25, -0.2) is 0 Å². The molecule has 1 atom stereocenters. The Morgan fingerprint density at radius 3 is 2.39 bits per heavy atom. The normalized spacial score (nSPS) is 15.0. The van der Waals surface area contributed by atoms with Gasteiger partial charge in [0.15, 0.2) is 0 Å². The zero-order valence-corrected chi connectivity index (χ0v) is 18.9. The lowest BCUT2D eigenvalue weighted by Crippen LogP contribution is -2.55. The average Bonchev–Trinajstić information content (AvgIpc) is 2.78. The Hall–Kier alpha value is -3.02. The van der Waals surface area contributed by atoms with E-state index >= 15 is 0 Å². The zero-order valence-electron chi connectivity index (χ0n) is 18.9. The van der Waals surface area contributed by atoms with E-state index in [-0.39, 0.29) is 11.8 Å². The number of hydrogen-bond donors (Lipinski definition) is 1. The van der Waals surface area contributed by atoms with Gasteiger partial charge < -0.3 is 19.9 Å². The number of rotatable bonds is 7. The first kappa shape index (κ1) is 22.7. The fraction of sp³-hybridized carbons (Fsp3) is 0.440. The Morgan fingerprint density at radius 1 is 1.03 bits per heavy atom. The molecule has 0 bridgehead atoms. The van der Waals surface area contributed by atoms with Gasteiger partial charge in [0, 0.05) is 43.5 Å². The van der Waals surface area contributed by atoms with Crippen molar-refractivity contribution in [1.82, 2.24) is 10.2 Å². The summed E-state index contributed by atoms with van der Waals surface area (Å²) in [5, 5.41) is 3.00. The van der Waals surface area contributed by atoms with Crippen LogP contribution >= 0.6 is 0 Å². The minimum absolute atomic E-state index is 0.000858. The third-order valence-corrected chi connectivity index (χ3v) is 5.71. The maximum absolute atomic E-state index is 13.3. The van der Waals surface area contributed by atoms with Gasteiger partial charge in [-0.1, -0.05) is 38.1 Å². The molecule has 2 aromatic rings. The maximum Gasteiger partial charge on any atom is 0.252 e. The summed E-state index contributed by atoms with van der Waals surface area (Å²) in [6.45, 7) is 8.81. The molecule has 3 rings (SSSR count). The Morgan fingerprint density at radius 2 is 1.74 bits per heavy atom. The van der Waals surface area contributed by atoms with Gasteiger partial charge in [0.1, 0.15) is 11.8 Å². The molecule has 0 aromatic heterocycles. The highest BCUT2D eigenvalue weighted by Gasteiger charge is 2.29. The number of hydrogen-bond acceptors (Lipinski definition) is 4. The molecule has 2 amide bonds. The van der Waals surface area contributed by atoms with Crippen molar-refractivity contribution in [2.24, 2.45) is 5.92 Å². The molecular weight excluding hydrogens is 390 g/mol. The minimum atomic E-state index is -0.518. The van der Waals surface area contributed by atoms with Crippen LogP contribution in [-0.2, 0) is 4.79 Å². The molecule has 1 aliphatic heterocycles. The van der Waals surface area contributed by atoms with E-state index in [9.17, 15) is 9.59 Å². The summed E-state index contributed by atoms with van der Waals surface area (Å²) in [6.07, 6.45) is 0.618. The molecule has 1 N–H and O–H groups in total. The van der Waals surface area contributed by atoms with Crippen LogP contribution in [0.2, 0.25) is 0 Å². The lowest BCUT2D eigenvalue weighted by molar-refractivity contribution is -0.134. The Labute approximate surface area is 185 Å². The first-order valence-electron chi connectivity index (χ1n) is 10.9. The Balaban J connectivity index is 1.65. The summed E-state index contributed by atoms with van der Waals surface area (Å²) >= 11 is 0. The lowest BCUT2D eigenvalue weighted by Gasteiger charge is -2.38. The molecule has 0 spiro atoms. The van der Waals surface area contributed by atoms with E-state index in [1.165, 1.54) is 0 Å². The van der Waals surface area contributed by atoms with Crippen LogP contribution in [0, 0.1) is 12.8 Å². The summed E-state index contributed by atoms with van der Waals surface area (Å²) in [6, 6.07) is 14.9. The van der Waals surface area contributed by atoms with Gasteiger partial charge in [-0.05, 0) is 43.0 Å². The molecule has 0 saturated carbocycles. The number of benzene rings is 2. The van der Waals surface area contributed by atoms with E-state index in [1.807, 2.05) is 48.2 Å². The van der Waals surface area contributed by atoms with Gasteiger partial charge in [-0.3, -0.25) is 9.59 Å². The first-order chi connectivity index (χ1) is 14.9. The molecule has 0 unspecified atom stereocenters. The topological polar surface area (TPSA) is 61.9 Å². The van der Waals surface area contributed by atoms with Gasteiger partial charge in [-0.2, -0.15) is 0 Å². The molecule has 1 saturated heterocycles. The molecule has 166 valence electrons. The quantitative estimate of drug-likeness (QED) is 0.741. The summed E-state index contributed by atoms with van der Waals surface area (Å²) < 4.78 is 5.32. The largest absolute Gasteiger partial charge is 0.497 e. The van der Waals surface area contributed by atoms with E-state index in [4.69, 9.17) is 4.74 Å². The second-order valence-corrected chi connectivity index (χ2v) is 8.48. The number of aryl methyl sites for hydroxylation is 1. The van der Waals surface area contributed by atoms with Crippen LogP contribution in [-0.4, -0.2) is 56.0 Å². The van der Waals surface area contributed by atoms with Crippen molar-refractivity contribution in [3.8, 4) is 5.75 Å². The highest BCUT2D eigenvalue weighted by atomic mass is 16.5. The number of ether oxygens (including phenoxy) is 1.